The number of thiophene rings is 1. The van der Waals surface area contributed by atoms with Crippen molar-refractivity contribution in [2.75, 3.05) is 0 Å². The van der Waals surface area contributed by atoms with Gasteiger partial charge in [-0.05, 0) is 69.7 Å². The summed E-state index contributed by atoms with van der Waals surface area (Å²) in [7, 11) is 0. The van der Waals surface area contributed by atoms with Gasteiger partial charge in [-0.3, -0.25) is 0 Å². The summed E-state index contributed by atoms with van der Waals surface area (Å²) in [6.45, 7) is 0. The van der Waals surface area contributed by atoms with Crippen molar-refractivity contribution in [3.05, 3.63) is 176 Å². The lowest BCUT2D eigenvalue weighted by molar-refractivity contribution is 1.07. The highest BCUT2D eigenvalue weighted by atomic mass is 32.1. The minimum atomic E-state index is -0.659. The Kier molecular flexibility index (Phi) is 4.96. The number of benzene rings is 7. The molecule has 2 heterocycles. The van der Waals surface area contributed by atoms with Gasteiger partial charge in [0.15, 0.2) is 17.5 Å². The van der Waals surface area contributed by atoms with Gasteiger partial charge < -0.3 is 0 Å². The van der Waals surface area contributed by atoms with Crippen LogP contribution in [0.1, 0.15) is 15.1 Å². The van der Waals surface area contributed by atoms with E-state index < -0.39 is 53.9 Å². The average Bonchev–Trinajstić information content (AvgIpc) is 3.70. The molecule has 0 fully saturated rings. The second kappa shape index (κ2) is 12.4. The fraction of sp³-hybridized carbons (Fsp3) is 0. The summed E-state index contributed by atoms with van der Waals surface area (Å²) in [6, 6.07) is 29.3. The molecule has 9 rings (SSSR count). The van der Waals surface area contributed by atoms with Crippen LogP contribution in [0.15, 0.2) is 176 Å². The molecule has 0 aliphatic rings. The summed E-state index contributed by atoms with van der Waals surface area (Å²) in [5.74, 6) is 0.423. The molecule has 0 aliphatic carbocycles. The maximum Gasteiger partial charge on any atom is 0.164 e. The molecule has 0 unspecified atom stereocenters. The Bertz CT molecular complexity index is 3180. The molecular weight excluding hydrogens is 615 g/mol. The number of aromatic nitrogens is 3. The van der Waals surface area contributed by atoms with E-state index in [1.165, 1.54) is 0 Å². The van der Waals surface area contributed by atoms with Gasteiger partial charge in [0.1, 0.15) is 0 Å². The van der Waals surface area contributed by atoms with Crippen molar-refractivity contribution in [1.29, 1.82) is 0 Å². The van der Waals surface area contributed by atoms with E-state index in [1.807, 2.05) is 109 Å². The minimum Gasteiger partial charge on any atom is -0.208 e. The van der Waals surface area contributed by atoms with Crippen molar-refractivity contribution in [2.45, 2.75) is 0 Å². The van der Waals surface area contributed by atoms with Gasteiger partial charge >= 0.3 is 0 Å². The number of hydrogen-bond donors (Lipinski definition) is 0. The van der Waals surface area contributed by atoms with Crippen LogP contribution in [0.25, 0.3) is 87.7 Å². The molecule has 0 aliphatic heterocycles. The molecular formula is C45H29N3S. The Hall–Kier alpha value is -6.23. The van der Waals surface area contributed by atoms with Crippen LogP contribution in [0.4, 0.5) is 0 Å². The number of rotatable bonds is 6. The third-order valence-electron chi connectivity index (χ3n) is 8.10. The third kappa shape index (κ3) is 5.69. The van der Waals surface area contributed by atoms with E-state index in [-0.39, 0.29) is 66.9 Å². The van der Waals surface area contributed by atoms with Crippen LogP contribution in [0.5, 0.6) is 0 Å². The first-order valence-corrected chi connectivity index (χ1v) is 16.3. The second-order valence-corrected chi connectivity index (χ2v) is 12.2. The topological polar surface area (TPSA) is 38.7 Å². The van der Waals surface area contributed by atoms with Crippen molar-refractivity contribution in [3.63, 3.8) is 0 Å². The molecule has 0 spiro atoms. The van der Waals surface area contributed by atoms with E-state index in [9.17, 15) is 5.48 Å². The van der Waals surface area contributed by atoms with Gasteiger partial charge in [0, 0.05) is 36.9 Å². The van der Waals surface area contributed by atoms with Gasteiger partial charge in [0.2, 0.25) is 0 Å². The maximum absolute atomic E-state index is 9.66. The van der Waals surface area contributed by atoms with Crippen LogP contribution in [-0.4, -0.2) is 15.0 Å². The summed E-state index contributed by atoms with van der Waals surface area (Å²) in [5, 5.41) is 0.0130. The monoisotopic (exact) mass is 654 g/mol. The quantitative estimate of drug-likeness (QED) is 0.179. The SMILES string of the molecule is [2H]c1c([2H])c([2H])c(-c2c([2H])c([2H])c3sc4c([2H])c([2H])c(-c5nc(-c6ccc(-c7ccccc7)cc6)nc(-c6cccc(-c7ccccc7)c6)n5)c([2H])c4c3c2[2H])c([2H])c1[2H]. The van der Waals surface area contributed by atoms with Gasteiger partial charge in [-0.2, -0.15) is 0 Å². The van der Waals surface area contributed by atoms with E-state index in [4.69, 9.17) is 24.5 Å². The predicted molar refractivity (Wildman–Crippen MR) is 205 cm³/mol. The fourth-order valence-corrected chi connectivity index (χ4v) is 6.58. The zero-order valence-electron chi connectivity index (χ0n) is 36.6. The van der Waals surface area contributed by atoms with E-state index >= 15 is 0 Å². The van der Waals surface area contributed by atoms with Crippen molar-refractivity contribution in [3.8, 4) is 67.5 Å². The van der Waals surface area contributed by atoms with Crippen LogP contribution >= 0.6 is 11.3 Å². The highest BCUT2D eigenvalue weighted by Crippen LogP contribution is 2.38. The molecule has 0 amide bonds. The van der Waals surface area contributed by atoms with Crippen LogP contribution in [0, 0.1) is 0 Å². The molecule has 0 saturated heterocycles. The zero-order chi connectivity index (χ0) is 42.1. The van der Waals surface area contributed by atoms with Crippen molar-refractivity contribution in [1.82, 2.24) is 15.0 Å². The van der Waals surface area contributed by atoms with Gasteiger partial charge in [-0.25, -0.2) is 15.0 Å². The molecule has 0 bridgehead atoms. The summed E-state index contributed by atoms with van der Waals surface area (Å²) in [6.07, 6.45) is 0. The molecule has 7 aromatic carbocycles. The Balaban J connectivity index is 1.31. The third-order valence-corrected chi connectivity index (χ3v) is 9.12. The van der Waals surface area contributed by atoms with Gasteiger partial charge in [-0.15, -0.1) is 11.3 Å². The van der Waals surface area contributed by atoms with Crippen LogP contribution in [0.3, 0.4) is 0 Å². The van der Waals surface area contributed by atoms with Gasteiger partial charge in [0.25, 0.3) is 0 Å². The first kappa shape index (κ1) is 19.6. The molecule has 0 N–H and O–H groups in total. The van der Waals surface area contributed by atoms with Crippen LogP contribution < -0.4 is 0 Å². The Morgan fingerprint density at radius 3 is 1.53 bits per heavy atom. The maximum atomic E-state index is 9.66. The van der Waals surface area contributed by atoms with Crippen molar-refractivity contribution < 1.29 is 15.1 Å². The first-order valence-electron chi connectivity index (χ1n) is 21.0. The highest BCUT2D eigenvalue weighted by molar-refractivity contribution is 7.25. The fourth-order valence-electron chi connectivity index (χ4n) is 5.67. The summed E-state index contributed by atoms with van der Waals surface area (Å²) in [5.41, 5.74) is 4.23. The summed E-state index contributed by atoms with van der Waals surface area (Å²) in [4.78, 5) is 14.6. The largest absolute Gasteiger partial charge is 0.208 e. The molecule has 3 nitrogen and oxygen atoms in total. The lowest BCUT2D eigenvalue weighted by Gasteiger charge is -2.10. The molecule has 230 valence electrons. The Morgan fingerprint density at radius 2 is 0.857 bits per heavy atom. The molecule has 2 aromatic heterocycles. The smallest absolute Gasteiger partial charge is 0.164 e. The number of hydrogen-bond acceptors (Lipinski definition) is 4. The minimum absolute atomic E-state index is 0.0147. The highest BCUT2D eigenvalue weighted by Gasteiger charge is 2.15. The zero-order valence-corrected chi connectivity index (χ0v) is 26.5. The van der Waals surface area contributed by atoms with Gasteiger partial charge in [0.05, 0.1) is 15.1 Å². The average molecular weight is 655 g/mol. The Labute approximate surface area is 304 Å². The van der Waals surface area contributed by atoms with E-state index in [2.05, 4.69) is 0 Å². The number of nitrogens with zero attached hydrogens (tertiary/aromatic N) is 3. The molecule has 9 aromatic rings. The van der Waals surface area contributed by atoms with E-state index in [0.29, 0.717) is 11.1 Å². The lowest BCUT2D eigenvalue weighted by Crippen LogP contribution is -2.00. The molecule has 0 saturated carbocycles. The van der Waals surface area contributed by atoms with Crippen LogP contribution in [-0.2, 0) is 0 Å². The van der Waals surface area contributed by atoms with E-state index in [0.717, 1.165) is 33.6 Å². The molecule has 49 heavy (non-hydrogen) atoms. The summed E-state index contributed by atoms with van der Waals surface area (Å²) >= 11 is 0.890. The second-order valence-electron chi connectivity index (χ2n) is 11.2. The molecule has 0 atom stereocenters. The first-order chi connectivity index (χ1) is 28.8. The number of fused-ring (bicyclic) bond motifs is 3. The molecule has 4 heteroatoms. The van der Waals surface area contributed by atoms with E-state index in [1.54, 1.807) is 0 Å². The standard InChI is InChI=1S/C45H29N3S/c1-4-11-30(12-5-1)33-19-21-34(22-20-33)43-46-44(37-18-10-17-35(27-37)31-13-6-2-7-14-31)48-45(47-43)38-24-26-42-40(29-38)39-28-36(23-25-41(39)49-42)32-15-8-3-9-16-32/h1-29H/i3D,8D,9D,15D,16D,23D,24D,25D,26D,28D,29D. The molecule has 0 radical (unpaired) electrons. The Morgan fingerprint density at radius 1 is 0.367 bits per heavy atom. The van der Waals surface area contributed by atoms with Crippen molar-refractivity contribution >= 4 is 31.5 Å². The predicted octanol–water partition coefficient (Wildman–Crippen LogP) is 12.2. The lowest BCUT2D eigenvalue weighted by atomic mass is 10.0. The van der Waals surface area contributed by atoms with Crippen molar-refractivity contribution in [2.24, 2.45) is 0 Å². The van der Waals surface area contributed by atoms with Gasteiger partial charge in [-0.1, -0.05) is 139 Å². The normalized spacial score (nSPS) is 14.4. The summed E-state index contributed by atoms with van der Waals surface area (Å²) < 4.78 is 97.4. The van der Waals surface area contributed by atoms with Crippen LogP contribution in [0.2, 0.25) is 0 Å².